The Kier molecular flexibility index (Phi) is 4.83. The molecule has 6 nitrogen and oxygen atoms in total. The van der Waals surface area contributed by atoms with Gasteiger partial charge in [0.25, 0.3) is 0 Å². The lowest BCUT2D eigenvalue weighted by molar-refractivity contribution is -0.154. The van der Waals surface area contributed by atoms with Gasteiger partial charge in [-0.25, -0.2) is 4.79 Å². The Hall–Kier alpha value is -2.37. The van der Waals surface area contributed by atoms with Crippen molar-refractivity contribution in [3.8, 4) is 0 Å². The number of para-hydroxylation sites is 1. The smallest absolute Gasteiger partial charge is 0.328 e. The number of ether oxygens (including phenoxy) is 1. The number of carbonyl (C=O) groups is 3. The SMILES string of the molecule is COC(=O)[C@@H]1C[C@H]2CCCC[C@H]2N1C(=O)C(=O)Nc1ccccc1. The van der Waals surface area contributed by atoms with Crippen LogP contribution in [0.1, 0.15) is 32.1 Å². The summed E-state index contributed by atoms with van der Waals surface area (Å²) in [5.41, 5.74) is 0.560. The summed E-state index contributed by atoms with van der Waals surface area (Å²) < 4.78 is 4.85. The second-order valence-electron chi connectivity index (χ2n) is 6.42. The maximum absolute atomic E-state index is 12.7. The van der Waals surface area contributed by atoms with Crippen LogP contribution in [0.25, 0.3) is 0 Å². The van der Waals surface area contributed by atoms with E-state index in [9.17, 15) is 14.4 Å². The summed E-state index contributed by atoms with van der Waals surface area (Å²) in [7, 11) is 1.32. The lowest BCUT2D eigenvalue weighted by atomic mass is 9.85. The van der Waals surface area contributed by atoms with Crippen molar-refractivity contribution in [2.45, 2.75) is 44.2 Å². The first kappa shape index (κ1) is 16.5. The summed E-state index contributed by atoms with van der Waals surface area (Å²) in [5.74, 6) is -1.52. The number of nitrogens with one attached hydrogen (secondary N) is 1. The second-order valence-corrected chi connectivity index (χ2v) is 6.42. The molecule has 1 heterocycles. The first-order valence-corrected chi connectivity index (χ1v) is 8.38. The van der Waals surface area contributed by atoms with Crippen LogP contribution in [0.4, 0.5) is 5.69 Å². The van der Waals surface area contributed by atoms with Gasteiger partial charge >= 0.3 is 17.8 Å². The number of nitrogens with zero attached hydrogens (tertiary/aromatic N) is 1. The van der Waals surface area contributed by atoms with Crippen molar-refractivity contribution < 1.29 is 19.1 Å². The largest absolute Gasteiger partial charge is 0.467 e. The molecule has 1 aromatic rings. The van der Waals surface area contributed by atoms with E-state index in [1.165, 1.54) is 12.0 Å². The van der Waals surface area contributed by atoms with E-state index in [1.54, 1.807) is 24.3 Å². The monoisotopic (exact) mass is 330 g/mol. The zero-order valence-electron chi connectivity index (χ0n) is 13.7. The molecule has 6 heteroatoms. The van der Waals surface area contributed by atoms with Crippen LogP contribution >= 0.6 is 0 Å². The van der Waals surface area contributed by atoms with Crippen LogP contribution in [-0.4, -0.2) is 41.9 Å². The Bertz CT molecular complexity index is 631. The summed E-state index contributed by atoms with van der Waals surface area (Å²) in [6, 6.07) is 8.13. The summed E-state index contributed by atoms with van der Waals surface area (Å²) in [4.78, 5) is 38.7. The topological polar surface area (TPSA) is 75.7 Å². The number of likely N-dealkylation sites (tertiary alicyclic amines) is 1. The fourth-order valence-corrected chi connectivity index (χ4v) is 3.92. The highest BCUT2D eigenvalue weighted by Crippen LogP contribution is 2.40. The lowest BCUT2D eigenvalue weighted by Gasteiger charge is -2.32. The molecule has 128 valence electrons. The Morgan fingerprint density at radius 3 is 2.54 bits per heavy atom. The minimum atomic E-state index is -0.707. The van der Waals surface area contributed by atoms with Crippen molar-refractivity contribution in [1.29, 1.82) is 0 Å². The number of hydrogen-bond donors (Lipinski definition) is 1. The predicted molar refractivity (Wildman–Crippen MR) is 88.1 cm³/mol. The second kappa shape index (κ2) is 7.03. The van der Waals surface area contributed by atoms with E-state index in [0.717, 1.165) is 25.7 Å². The number of hydrogen-bond acceptors (Lipinski definition) is 4. The van der Waals surface area contributed by atoms with E-state index in [0.29, 0.717) is 12.1 Å². The van der Waals surface area contributed by atoms with Gasteiger partial charge in [0.05, 0.1) is 7.11 Å². The Labute approximate surface area is 141 Å². The van der Waals surface area contributed by atoms with Crippen molar-refractivity contribution in [3.63, 3.8) is 0 Å². The van der Waals surface area contributed by atoms with Gasteiger partial charge in [0, 0.05) is 11.7 Å². The number of methoxy groups -OCH3 is 1. The third-order valence-corrected chi connectivity index (χ3v) is 5.02. The molecule has 2 aliphatic rings. The quantitative estimate of drug-likeness (QED) is 0.664. The molecule has 0 unspecified atom stereocenters. The van der Waals surface area contributed by atoms with E-state index >= 15 is 0 Å². The van der Waals surface area contributed by atoms with Crippen molar-refractivity contribution in [1.82, 2.24) is 4.90 Å². The molecular weight excluding hydrogens is 308 g/mol. The average Bonchev–Trinajstić information content (AvgIpc) is 3.00. The summed E-state index contributed by atoms with van der Waals surface area (Å²) in [6.45, 7) is 0. The van der Waals surface area contributed by atoms with E-state index in [2.05, 4.69) is 5.32 Å². The van der Waals surface area contributed by atoms with Gasteiger partial charge in [-0.1, -0.05) is 31.0 Å². The summed E-state index contributed by atoms with van der Waals surface area (Å²) in [6.07, 6.45) is 4.53. The van der Waals surface area contributed by atoms with Gasteiger partial charge in [-0.15, -0.1) is 0 Å². The molecule has 0 aromatic heterocycles. The molecule has 1 N–H and O–H groups in total. The van der Waals surface area contributed by atoms with Crippen molar-refractivity contribution >= 4 is 23.5 Å². The minimum absolute atomic E-state index is 0.0446. The van der Waals surface area contributed by atoms with E-state index < -0.39 is 23.8 Å². The number of esters is 1. The molecule has 2 amide bonds. The molecule has 0 bridgehead atoms. The normalized spacial score (nSPS) is 25.7. The van der Waals surface area contributed by atoms with Gasteiger partial charge in [0.1, 0.15) is 6.04 Å². The first-order valence-electron chi connectivity index (χ1n) is 8.38. The number of benzene rings is 1. The molecule has 1 aliphatic heterocycles. The fraction of sp³-hybridized carbons (Fsp3) is 0.500. The van der Waals surface area contributed by atoms with Crippen molar-refractivity contribution in [2.24, 2.45) is 5.92 Å². The molecule has 24 heavy (non-hydrogen) atoms. The van der Waals surface area contributed by atoms with Gasteiger partial charge in [-0.3, -0.25) is 9.59 Å². The molecule has 0 radical (unpaired) electrons. The van der Waals surface area contributed by atoms with Crippen LogP contribution in [-0.2, 0) is 19.1 Å². The Balaban J connectivity index is 1.79. The standard InChI is InChI=1S/C18H22N2O4/c1-24-18(23)15-11-12-7-5-6-10-14(12)20(15)17(22)16(21)19-13-8-3-2-4-9-13/h2-4,8-9,12,14-15H,5-7,10-11H2,1H3,(H,19,21)/t12-,14-,15+/m1/s1. The predicted octanol–water partition coefficient (Wildman–Crippen LogP) is 1.96. The number of anilines is 1. The van der Waals surface area contributed by atoms with Crippen molar-refractivity contribution in [2.75, 3.05) is 12.4 Å². The average molecular weight is 330 g/mol. The maximum Gasteiger partial charge on any atom is 0.328 e. The fourth-order valence-electron chi connectivity index (χ4n) is 3.92. The van der Waals surface area contributed by atoms with Crippen LogP contribution in [0.15, 0.2) is 30.3 Å². The third kappa shape index (κ3) is 3.13. The molecule has 3 atom stereocenters. The van der Waals surface area contributed by atoms with E-state index in [4.69, 9.17) is 4.74 Å². The Morgan fingerprint density at radius 1 is 1.12 bits per heavy atom. The molecule has 1 aromatic carbocycles. The number of fused-ring (bicyclic) bond motifs is 1. The lowest BCUT2D eigenvalue weighted by Crippen LogP contribution is -2.50. The van der Waals surface area contributed by atoms with Gasteiger partial charge in [0.15, 0.2) is 0 Å². The summed E-state index contributed by atoms with van der Waals surface area (Å²) in [5, 5.41) is 2.61. The number of amides is 2. The van der Waals surface area contributed by atoms with Gasteiger partial charge in [-0.05, 0) is 37.3 Å². The number of rotatable bonds is 2. The highest BCUT2D eigenvalue weighted by atomic mass is 16.5. The maximum atomic E-state index is 12.7. The molecule has 3 rings (SSSR count). The molecule has 1 saturated carbocycles. The van der Waals surface area contributed by atoms with Crippen LogP contribution in [0.5, 0.6) is 0 Å². The zero-order chi connectivity index (χ0) is 17.1. The van der Waals surface area contributed by atoms with Gasteiger partial charge < -0.3 is 15.0 Å². The van der Waals surface area contributed by atoms with Crippen LogP contribution < -0.4 is 5.32 Å². The molecular formula is C18H22N2O4. The highest BCUT2D eigenvalue weighted by molar-refractivity contribution is 6.40. The van der Waals surface area contributed by atoms with Crippen LogP contribution in [0, 0.1) is 5.92 Å². The van der Waals surface area contributed by atoms with Gasteiger partial charge in [-0.2, -0.15) is 0 Å². The Morgan fingerprint density at radius 2 is 1.83 bits per heavy atom. The van der Waals surface area contributed by atoms with E-state index in [-0.39, 0.29) is 12.0 Å². The van der Waals surface area contributed by atoms with Crippen LogP contribution in [0.2, 0.25) is 0 Å². The first-order chi connectivity index (χ1) is 11.6. The molecule has 0 spiro atoms. The van der Waals surface area contributed by atoms with Gasteiger partial charge in [0.2, 0.25) is 0 Å². The minimum Gasteiger partial charge on any atom is -0.467 e. The third-order valence-electron chi connectivity index (χ3n) is 5.02. The van der Waals surface area contributed by atoms with Crippen molar-refractivity contribution in [3.05, 3.63) is 30.3 Å². The zero-order valence-corrected chi connectivity index (χ0v) is 13.7. The van der Waals surface area contributed by atoms with Crippen LogP contribution in [0.3, 0.4) is 0 Å². The molecule has 1 saturated heterocycles. The van der Waals surface area contributed by atoms with E-state index in [1.807, 2.05) is 6.07 Å². The number of carbonyl (C=O) groups excluding carboxylic acids is 3. The highest BCUT2D eigenvalue weighted by Gasteiger charge is 2.49. The summed E-state index contributed by atoms with van der Waals surface area (Å²) >= 11 is 0. The molecule has 1 aliphatic carbocycles. The molecule has 2 fully saturated rings.